The standard InChI is InChI=1S/C15H19NO6S/c1-21-13-6-4-11(5-7-15(17)18)9-14(13)23(19,20)16-10-12-3-2-8-22-12/h4-7,9,12,16H,2-3,8,10H2,1H3,(H,17,18)/b7-5-/t12-/m0/s1. The molecule has 2 rings (SSSR count). The normalized spacial score (nSPS) is 18.4. The summed E-state index contributed by atoms with van der Waals surface area (Å²) in [6.45, 7) is 0.839. The van der Waals surface area contributed by atoms with Crippen molar-refractivity contribution in [2.45, 2.75) is 23.8 Å². The van der Waals surface area contributed by atoms with Gasteiger partial charge in [-0.2, -0.15) is 0 Å². The molecule has 0 amide bonds. The summed E-state index contributed by atoms with van der Waals surface area (Å²) in [5.74, 6) is -0.918. The van der Waals surface area contributed by atoms with Gasteiger partial charge in [-0.05, 0) is 36.6 Å². The molecule has 1 saturated heterocycles. The van der Waals surface area contributed by atoms with Gasteiger partial charge in [-0.25, -0.2) is 17.9 Å². The highest BCUT2D eigenvalue weighted by molar-refractivity contribution is 7.89. The number of nitrogens with one attached hydrogen (secondary N) is 1. The minimum absolute atomic E-state index is 0.0365. The first-order valence-electron chi connectivity index (χ1n) is 7.12. The van der Waals surface area contributed by atoms with E-state index in [2.05, 4.69) is 4.72 Å². The summed E-state index contributed by atoms with van der Waals surface area (Å²) in [5.41, 5.74) is 0.450. The van der Waals surface area contributed by atoms with Gasteiger partial charge >= 0.3 is 5.97 Å². The highest BCUT2D eigenvalue weighted by Gasteiger charge is 2.23. The van der Waals surface area contributed by atoms with E-state index in [4.69, 9.17) is 14.6 Å². The molecule has 1 heterocycles. The third-order valence-electron chi connectivity index (χ3n) is 3.42. The predicted octanol–water partition coefficient (Wildman–Crippen LogP) is 1.25. The average Bonchev–Trinajstić information content (AvgIpc) is 3.04. The second-order valence-electron chi connectivity index (χ2n) is 5.07. The maximum atomic E-state index is 12.5. The van der Waals surface area contributed by atoms with Gasteiger partial charge in [0.05, 0.1) is 13.2 Å². The molecule has 8 heteroatoms. The van der Waals surface area contributed by atoms with Crippen LogP contribution in [0.5, 0.6) is 5.75 Å². The zero-order valence-corrected chi connectivity index (χ0v) is 13.5. The number of sulfonamides is 1. The van der Waals surface area contributed by atoms with Crippen molar-refractivity contribution < 1.29 is 27.8 Å². The number of benzene rings is 1. The van der Waals surface area contributed by atoms with E-state index in [0.29, 0.717) is 12.2 Å². The molecule has 0 radical (unpaired) electrons. The molecule has 23 heavy (non-hydrogen) atoms. The molecule has 0 unspecified atom stereocenters. The van der Waals surface area contributed by atoms with Crippen molar-refractivity contribution in [2.24, 2.45) is 0 Å². The molecule has 2 N–H and O–H groups in total. The van der Waals surface area contributed by atoms with Crippen LogP contribution in [-0.4, -0.2) is 45.9 Å². The van der Waals surface area contributed by atoms with Gasteiger partial charge < -0.3 is 14.6 Å². The summed E-state index contributed by atoms with van der Waals surface area (Å²) >= 11 is 0. The van der Waals surface area contributed by atoms with Crippen LogP contribution < -0.4 is 9.46 Å². The number of carboxylic acid groups (broad SMARTS) is 1. The SMILES string of the molecule is COc1ccc(/C=C\C(=O)O)cc1S(=O)(=O)NC[C@@H]1CCCO1. The van der Waals surface area contributed by atoms with E-state index < -0.39 is 16.0 Å². The Kier molecular flexibility index (Phi) is 5.75. The summed E-state index contributed by atoms with van der Waals surface area (Å²) in [6, 6.07) is 4.44. The molecule has 0 spiro atoms. The monoisotopic (exact) mass is 341 g/mol. The van der Waals surface area contributed by atoms with Crippen molar-refractivity contribution >= 4 is 22.1 Å². The first kappa shape index (κ1) is 17.5. The number of hydrogen-bond acceptors (Lipinski definition) is 5. The van der Waals surface area contributed by atoms with Crippen LogP contribution in [-0.2, 0) is 19.6 Å². The molecule has 1 aromatic carbocycles. The first-order chi connectivity index (χ1) is 10.9. The van der Waals surface area contributed by atoms with Crippen molar-refractivity contribution in [3.05, 3.63) is 29.8 Å². The van der Waals surface area contributed by atoms with Crippen LogP contribution in [0.3, 0.4) is 0 Å². The van der Waals surface area contributed by atoms with Crippen molar-refractivity contribution in [3.8, 4) is 5.75 Å². The van der Waals surface area contributed by atoms with Crippen molar-refractivity contribution in [2.75, 3.05) is 20.3 Å². The van der Waals surface area contributed by atoms with Crippen LogP contribution in [0.2, 0.25) is 0 Å². The zero-order chi connectivity index (χ0) is 16.9. The van der Waals surface area contributed by atoms with E-state index in [1.807, 2.05) is 0 Å². The number of carbonyl (C=O) groups is 1. The Morgan fingerprint density at radius 1 is 1.52 bits per heavy atom. The summed E-state index contributed by atoms with van der Waals surface area (Å²) in [6.07, 6.45) is 3.89. The second kappa shape index (κ2) is 7.58. The summed E-state index contributed by atoms with van der Waals surface area (Å²) in [5, 5.41) is 8.65. The number of methoxy groups -OCH3 is 1. The second-order valence-corrected chi connectivity index (χ2v) is 6.80. The van der Waals surface area contributed by atoms with Gasteiger partial charge in [0.25, 0.3) is 0 Å². The summed E-state index contributed by atoms with van der Waals surface area (Å²) in [4.78, 5) is 10.5. The van der Waals surface area contributed by atoms with Crippen LogP contribution >= 0.6 is 0 Å². The molecule has 0 aromatic heterocycles. The first-order valence-corrected chi connectivity index (χ1v) is 8.61. The van der Waals surface area contributed by atoms with Crippen molar-refractivity contribution in [1.29, 1.82) is 0 Å². The number of carboxylic acids is 1. The lowest BCUT2D eigenvalue weighted by Crippen LogP contribution is -2.32. The highest BCUT2D eigenvalue weighted by atomic mass is 32.2. The van der Waals surface area contributed by atoms with Gasteiger partial charge in [0.1, 0.15) is 10.6 Å². The van der Waals surface area contributed by atoms with Crippen LogP contribution in [0.15, 0.2) is 29.2 Å². The molecular weight excluding hydrogens is 322 g/mol. The summed E-state index contributed by atoms with van der Waals surface area (Å²) < 4.78 is 37.9. The number of hydrogen-bond donors (Lipinski definition) is 2. The largest absolute Gasteiger partial charge is 0.495 e. The molecule has 1 atom stereocenters. The molecule has 1 aliphatic heterocycles. The van der Waals surface area contributed by atoms with E-state index in [1.54, 1.807) is 6.07 Å². The van der Waals surface area contributed by atoms with E-state index in [1.165, 1.54) is 25.3 Å². The van der Waals surface area contributed by atoms with Gasteiger partial charge in [0, 0.05) is 19.2 Å². The fourth-order valence-electron chi connectivity index (χ4n) is 2.26. The van der Waals surface area contributed by atoms with Gasteiger partial charge in [-0.3, -0.25) is 0 Å². The number of aliphatic carboxylic acids is 1. The Balaban J connectivity index is 2.23. The van der Waals surface area contributed by atoms with E-state index in [-0.39, 0.29) is 23.3 Å². The van der Waals surface area contributed by atoms with Crippen molar-refractivity contribution in [1.82, 2.24) is 4.72 Å². The fourth-order valence-corrected chi connectivity index (χ4v) is 3.53. The van der Waals surface area contributed by atoms with E-state index >= 15 is 0 Å². The van der Waals surface area contributed by atoms with Gasteiger partial charge in [-0.1, -0.05) is 6.07 Å². The third-order valence-corrected chi connectivity index (χ3v) is 4.87. The molecule has 1 aromatic rings. The number of rotatable bonds is 7. The Hall–Kier alpha value is -1.90. The third kappa shape index (κ3) is 4.78. The molecule has 1 fully saturated rings. The van der Waals surface area contributed by atoms with Gasteiger partial charge in [0.15, 0.2) is 0 Å². The minimum Gasteiger partial charge on any atom is -0.495 e. The minimum atomic E-state index is -3.79. The van der Waals surface area contributed by atoms with Crippen LogP contribution in [0, 0.1) is 0 Å². The zero-order valence-electron chi connectivity index (χ0n) is 12.7. The smallest absolute Gasteiger partial charge is 0.328 e. The summed E-state index contributed by atoms with van der Waals surface area (Å²) in [7, 11) is -2.41. The molecule has 1 aliphatic rings. The molecular formula is C15H19NO6S. The predicted molar refractivity (Wildman–Crippen MR) is 83.8 cm³/mol. The number of ether oxygens (including phenoxy) is 2. The topological polar surface area (TPSA) is 102 Å². The fraction of sp³-hybridized carbons (Fsp3) is 0.400. The maximum Gasteiger partial charge on any atom is 0.328 e. The molecule has 0 aliphatic carbocycles. The molecule has 0 saturated carbocycles. The van der Waals surface area contributed by atoms with Crippen LogP contribution in [0.1, 0.15) is 18.4 Å². The Morgan fingerprint density at radius 3 is 2.91 bits per heavy atom. The van der Waals surface area contributed by atoms with Crippen LogP contribution in [0.25, 0.3) is 6.08 Å². The van der Waals surface area contributed by atoms with Crippen molar-refractivity contribution in [3.63, 3.8) is 0 Å². The van der Waals surface area contributed by atoms with Gasteiger partial charge in [0.2, 0.25) is 10.0 Å². The van der Waals surface area contributed by atoms with E-state index in [0.717, 1.165) is 18.9 Å². The quantitative estimate of drug-likeness (QED) is 0.724. The van der Waals surface area contributed by atoms with Gasteiger partial charge in [-0.15, -0.1) is 0 Å². The molecule has 126 valence electrons. The lowest BCUT2D eigenvalue weighted by Gasteiger charge is -2.14. The Labute approximate surface area is 135 Å². The Bertz CT molecular complexity index is 692. The lowest BCUT2D eigenvalue weighted by molar-refractivity contribution is -0.131. The molecule has 7 nitrogen and oxygen atoms in total. The Morgan fingerprint density at radius 2 is 2.30 bits per heavy atom. The molecule has 0 bridgehead atoms. The van der Waals surface area contributed by atoms with Crippen LogP contribution in [0.4, 0.5) is 0 Å². The van der Waals surface area contributed by atoms with E-state index in [9.17, 15) is 13.2 Å². The maximum absolute atomic E-state index is 12.5. The highest BCUT2D eigenvalue weighted by Crippen LogP contribution is 2.25. The lowest BCUT2D eigenvalue weighted by atomic mass is 10.2. The average molecular weight is 341 g/mol.